The van der Waals surface area contributed by atoms with Crippen molar-refractivity contribution in [2.75, 3.05) is 14.2 Å². The molecule has 0 saturated heterocycles. The van der Waals surface area contributed by atoms with Gasteiger partial charge in [-0.3, -0.25) is 0 Å². The van der Waals surface area contributed by atoms with Gasteiger partial charge in [0.05, 0.1) is 19.8 Å². The Labute approximate surface area is 162 Å². The van der Waals surface area contributed by atoms with Crippen molar-refractivity contribution in [2.45, 2.75) is 12.5 Å². The van der Waals surface area contributed by atoms with Crippen LogP contribution in [0.5, 0.6) is 11.5 Å². The minimum Gasteiger partial charge on any atom is -0.493 e. The molecule has 3 rings (SSSR count). The zero-order valence-electron chi connectivity index (χ0n) is 15.5. The molecule has 3 aromatic carbocycles. The van der Waals surface area contributed by atoms with Crippen molar-refractivity contribution >= 4 is 22.7 Å². The van der Waals surface area contributed by atoms with Crippen molar-refractivity contribution in [1.82, 2.24) is 0 Å². The molecule has 0 bridgehead atoms. The Morgan fingerprint density at radius 2 is 1.61 bits per heavy atom. The van der Waals surface area contributed by atoms with Gasteiger partial charge < -0.3 is 19.3 Å². The van der Waals surface area contributed by atoms with Crippen LogP contribution in [0.1, 0.15) is 15.9 Å². The van der Waals surface area contributed by atoms with Gasteiger partial charge in [0.25, 0.3) is 0 Å². The van der Waals surface area contributed by atoms with E-state index in [2.05, 4.69) is 0 Å². The second-order valence-electron chi connectivity index (χ2n) is 6.19. The summed E-state index contributed by atoms with van der Waals surface area (Å²) in [5, 5.41) is 11.6. The summed E-state index contributed by atoms with van der Waals surface area (Å²) in [6.07, 6.45) is -1.24. The maximum atomic E-state index is 12.4. The van der Waals surface area contributed by atoms with Gasteiger partial charge in [-0.25, -0.2) is 9.59 Å². The quantitative estimate of drug-likeness (QED) is 0.629. The Morgan fingerprint density at radius 1 is 0.893 bits per heavy atom. The topological polar surface area (TPSA) is 82.1 Å². The molecule has 0 unspecified atom stereocenters. The number of aliphatic carboxylic acids is 1. The number of hydrogen-bond acceptors (Lipinski definition) is 5. The molecule has 0 fully saturated rings. The highest BCUT2D eigenvalue weighted by molar-refractivity contribution is 5.92. The fourth-order valence-corrected chi connectivity index (χ4v) is 2.92. The highest BCUT2D eigenvalue weighted by Gasteiger charge is 2.24. The number of methoxy groups -OCH3 is 2. The van der Waals surface area contributed by atoms with Gasteiger partial charge in [0.1, 0.15) is 0 Å². The highest BCUT2D eigenvalue weighted by atomic mass is 16.6. The van der Waals surface area contributed by atoms with E-state index in [4.69, 9.17) is 14.2 Å². The molecule has 6 nitrogen and oxygen atoms in total. The molecule has 0 heterocycles. The fourth-order valence-electron chi connectivity index (χ4n) is 2.92. The van der Waals surface area contributed by atoms with Gasteiger partial charge in [-0.2, -0.15) is 0 Å². The van der Waals surface area contributed by atoms with E-state index in [0.29, 0.717) is 11.5 Å². The standard InChI is InChI=1S/C22H20O6/c1-26-18-10-9-17(13-19(18)27-2)22(25)28-20(21(23)24)12-14-7-8-15-5-3-4-6-16(15)11-14/h3-11,13,20H,12H2,1-2H3,(H,23,24)/t20-/m1/s1. The molecule has 0 aliphatic heterocycles. The molecule has 28 heavy (non-hydrogen) atoms. The number of rotatable bonds is 7. The fraction of sp³-hybridized carbons (Fsp3) is 0.182. The maximum absolute atomic E-state index is 12.4. The number of fused-ring (bicyclic) bond motifs is 1. The summed E-state index contributed by atoms with van der Waals surface area (Å²) in [5.74, 6) is -1.13. The molecular weight excluding hydrogens is 360 g/mol. The number of carboxylic acids is 1. The number of esters is 1. The van der Waals surface area contributed by atoms with Crippen molar-refractivity contribution < 1.29 is 28.9 Å². The van der Waals surface area contributed by atoms with Gasteiger partial charge in [-0.05, 0) is 34.5 Å². The van der Waals surface area contributed by atoms with Crippen LogP contribution in [0.4, 0.5) is 0 Å². The van der Waals surface area contributed by atoms with Crippen molar-refractivity contribution in [3.8, 4) is 11.5 Å². The zero-order chi connectivity index (χ0) is 20.1. The number of carbonyl (C=O) groups excluding carboxylic acids is 1. The average Bonchev–Trinajstić information content (AvgIpc) is 2.72. The molecule has 1 N–H and O–H groups in total. The summed E-state index contributed by atoms with van der Waals surface area (Å²) >= 11 is 0. The van der Waals surface area contributed by atoms with E-state index in [1.807, 2.05) is 42.5 Å². The normalized spacial score (nSPS) is 11.6. The minimum atomic E-state index is -1.30. The smallest absolute Gasteiger partial charge is 0.345 e. The van der Waals surface area contributed by atoms with Crippen LogP contribution in [-0.4, -0.2) is 37.4 Å². The predicted octanol–water partition coefficient (Wildman–Crippen LogP) is 3.71. The lowest BCUT2D eigenvalue weighted by Gasteiger charge is -2.15. The Bertz CT molecular complexity index is 1010. The van der Waals surface area contributed by atoms with Gasteiger partial charge in [-0.1, -0.05) is 42.5 Å². The van der Waals surface area contributed by atoms with Gasteiger partial charge in [0, 0.05) is 6.42 Å². The summed E-state index contributed by atoms with van der Waals surface area (Å²) < 4.78 is 15.6. The Hall–Kier alpha value is -3.54. The third-order valence-electron chi connectivity index (χ3n) is 4.38. The maximum Gasteiger partial charge on any atom is 0.345 e. The molecule has 0 aliphatic carbocycles. The number of hydrogen-bond donors (Lipinski definition) is 1. The van der Waals surface area contributed by atoms with Crippen LogP contribution >= 0.6 is 0 Å². The Morgan fingerprint density at radius 3 is 2.29 bits per heavy atom. The monoisotopic (exact) mass is 380 g/mol. The summed E-state index contributed by atoms with van der Waals surface area (Å²) in [6.45, 7) is 0. The van der Waals surface area contributed by atoms with E-state index >= 15 is 0 Å². The first-order valence-corrected chi connectivity index (χ1v) is 8.65. The molecule has 144 valence electrons. The third-order valence-corrected chi connectivity index (χ3v) is 4.38. The first-order chi connectivity index (χ1) is 13.5. The summed E-state index contributed by atoms with van der Waals surface area (Å²) in [7, 11) is 2.94. The van der Waals surface area contributed by atoms with Crippen LogP contribution in [0.25, 0.3) is 10.8 Å². The van der Waals surface area contributed by atoms with E-state index in [1.165, 1.54) is 26.4 Å². The number of benzene rings is 3. The van der Waals surface area contributed by atoms with Crippen LogP contribution < -0.4 is 9.47 Å². The summed E-state index contributed by atoms with van der Waals surface area (Å²) in [5.41, 5.74) is 0.952. The minimum absolute atomic E-state index is 0.0686. The highest BCUT2D eigenvalue weighted by Crippen LogP contribution is 2.28. The second-order valence-corrected chi connectivity index (χ2v) is 6.19. The Kier molecular flexibility index (Phi) is 5.79. The molecular formula is C22H20O6. The van der Waals surface area contributed by atoms with Gasteiger partial charge >= 0.3 is 11.9 Å². The van der Waals surface area contributed by atoms with Crippen molar-refractivity contribution in [1.29, 1.82) is 0 Å². The first-order valence-electron chi connectivity index (χ1n) is 8.65. The van der Waals surface area contributed by atoms with E-state index < -0.39 is 18.0 Å². The van der Waals surface area contributed by atoms with E-state index in [-0.39, 0.29) is 12.0 Å². The third kappa shape index (κ3) is 4.23. The van der Waals surface area contributed by atoms with Crippen LogP contribution in [0.2, 0.25) is 0 Å². The average molecular weight is 380 g/mol. The lowest BCUT2D eigenvalue weighted by molar-refractivity contribution is -0.147. The van der Waals surface area contributed by atoms with Crippen molar-refractivity contribution in [2.24, 2.45) is 0 Å². The number of ether oxygens (including phenoxy) is 3. The van der Waals surface area contributed by atoms with E-state index in [0.717, 1.165) is 16.3 Å². The van der Waals surface area contributed by atoms with E-state index in [9.17, 15) is 14.7 Å². The summed E-state index contributed by atoms with van der Waals surface area (Å²) in [6, 6.07) is 17.9. The van der Waals surface area contributed by atoms with E-state index in [1.54, 1.807) is 6.07 Å². The molecule has 0 amide bonds. The van der Waals surface area contributed by atoms with Gasteiger partial charge in [0.2, 0.25) is 6.10 Å². The molecule has 6 heteroatoms. The largest absolute Gasteiger partial charge is 0.493 e. The second kappa shape index (κ2) is 8.43. The Balaban J connectivity index is 1.78. The van der Waals surface area contributed by atoms with Crippen LogP contribution in [-0.2, 0) is 16.0 Å². The SMILES string of the molecule is COc1ccc(C(=O)O[C@H](Cc2ccc3ccccc3c2)C(=O)O)cc1OC. The van der Waals surface area contributed by atoms with Crippen LogP contribution in [0.3, 0.4) is 0 Å². The molecule has 0 spiro atoms. The zero-order valence-corrected chi connectivity index (χ0v) is 15.5. The van der Waals surface area contributed by atoms with Gasteiger partial charge in [0.15, 0.2) is 11.5 Å². The molecule has 3 aromatic rings. The lowest BCUT2D eigenvalue weighted by Crippen LogP contribution is -2.29. The number of carboxylic acid groups (broad SMARTS) is 1. The summed E-state index contributed by atoms with van der Waals surface area (Å²) in [4.78, 5) is 24.1. The number of carbonyl (C=O) groups is 2. The lowest BCUT2D eigenvalue weighted by atomic mass is 10.0. The predicted molar refractivity (Wildman–Crippen MR) is 104 cm³/mol. The van der Waals surface area contributed by atoms with Crippen molar-refractivity contribution in [3.05, 3.63) is 71.8 Å². The molecule has 0 saturated carbocycles. The van der Waals surface area contributed by atoms with Gasteiger partial charge in [-0.15, -0.1) is 0 Å². The van der Waals surface area contributed by atoms with Crippen LogP contribution in [0, 0.1) is 0 Å². The molecule has 1 atom stereocenters. The first kappa shape index (κ1) is 19.2. The van der Waals surface area contributed by atoms with Crippen molar-refractivity contribution in [3.63, 3.8) is 0 Å². The van der Waals surface area contributed by atoms with Crippen LogP contribution in [0.15, 0.2) is 60.7 Å². The molecule has 0 radical (unpaired) electrons. The molecule has 0 aromatic heterocycles. The molecule has 0 aliphatic rings.